The van der Waals surface area contributed by atoms with E-state index in [0.29, 0.717) is 30.5 Å². The van der Waals surface area contributed by atoms with Crippen LogP contribution in [0.1, 0.15) is 17.2 Å². The summed E-state index contributed by atoms with van der Waals surface area (Å²) in [4.78, 5) is 21.3. The molecule has 3 aromatic rings. The summed E-state index contributed by atoms with van der Waals surface area (Å²) in [6.07, 6.45) is 0. The Kier molecular flexibility index (Phi) is 5.65. The molecule has 1 fully saturated rings. The Morgan fingerprint density at radius 2 is 1.66 bits per heavy atom. The predicted molar refractivity (Wildman–Crippen MR) is 117 cm³/mol. The molecule has 0 N–H and O–H groups in total. The molecule has 1 aliphatic rings. The van der Waals surface area contributed by atoms with Crippen molar-refractivity contribution in [2.75, 3.05) is 31.1 Å². The monoisotopic (exact) mass is 457 g/mol. The molecule has 12 heteroatoms. The van der Waals surface area contributed by atoms with Crippen LogP contribution in [0.3, 0.4) is 0 Å². The van der Waals surface area contributed by atoms with Crippen LogP contribution in [0.25, 0.3) is 5.82 Å². The van der Waals surface area contributed by atoms with Crippen LogP contribution in [0.15, 0.2) is 41.3 Å². The normalized spacial score (nSPS) is 15.2. The number of aromatic nitrogens is 4. The van der Waals surface area contributed by atoms with Gasteiger partial charge in [-0.05, 0) is 32.9 Å². The number of sulfonamides is 1. The molecular formula is C20H23N7O4S. The highest BCUT2D eigenvalue weighted by Crippen LogP contribution is 2.24. The van der Waals surface area contributed by atoms with E-state index in [4.69, 9.17) is 0 Å². The highest BCUT2D eigenvalue weighted by atomic mass is 32.2. The Bertz CT molecular complexity index is 1280. The lowest BCUT2D eigenvalue weighted by Gasteiger charge is -2.34. The molecular weight excluding hydrogens is 434 g/mol. The number of piperazine rings is 1. The summed E-state index contributed by atoms with van der Waals surface area (Å²) in [5.74, 6) is 1.95. The maximum absolute atomic E-state index is 13.0. The van der Waals surface area contributed by atoms with Gasteiger partial charge >= 0.3 is 0 Å². The largest absolute Gasteiger partial charge is 0.354 e. The van der Waals surface area contributed by atoms with Gasteiger partial charge in [-0.15, -0.1) is 0 Å². The fourth-order valence-electron chi connectivity index (χ4n) is 3.73. The van der Waals surface area contributed by atoms with Crippen LogP contribution in [0.4, 0.5) is 11.5 Å². The van der Waals surface area contributed by atoms with Gasteiger partial charge in [-0.25, -0.2) is 23.1 Å². The first kappa shape index (κ1) is 21.8. The van der Waals surface area contributed by atoms with E-state index in [1.54, 1.807) is 4.68 Å². The van der Waals surface area contributed by atoms with Crippen molar-refractivity contribution < 1.29 is 13.3 Å². The number of anilines is 1. The van der Waals surface area contributed by atoms with Crippen LogP contribution in [0, 0.1) is 30.9 Å². The first-order chi connectivity index (χ1) is 15.1. The molecule has 0 atom stereocenters. The van der Waals surface area contributed by atoms with Gasteiger partial charge in [-0.1, -0.05) is 6.07 Å². The maximum atomic E-state index is 13.0. The number of nitrogens with zero attached hydrogens (tertiary/aromatic N) is 7. The van der Waals surface area contributed by atoms with Crippen LogP contribution in [0.2, 0.25) is 0 Å². The minimum Gasteiger partial charge on any atom is -0.354 e. The van der Waals surface area contributed by atoms with Crippen LogP contribution in [-0.4, -0.2) is 63.6 Å². The highest BCUT2D eigenvalue weighted by molar-refractivity contribution is 7.89. The summed E-state index contributed by atoms with van der Waals surface area (Å²) in [6.45, 7) is 7.02. The summed E-state index contributed by atoms with van der Waals surface area (Å²) < 4.78 is 29.1. The fraction of sp³-hybridized carbons (Fsp3) is 0.350. The number of nitro groups is 1. The molecule has 3 heterocycles. The Labute approximate surface area is 185 Å². The van der Waals surface area contributed by atoms with Crippen molar-refractivity contribution in [1.29, 1.82) is 0 Å². The smallest absolute Gasteiger partial charge is 0.270 e. The van der Waals surface area contributed by atoms with Crippen molar-refractivity contribution in [2.45, 2.75) is 25.7 Å². The average Bonchev–Trinajstić information content (AvgIpc) is 3.11. The molecule has 1 aromatic carbocycles. The fourth-order valence-corrected chi connectivity index (χ4v) is 5.19. The molecule has 0 spiro atoms. The van der Waals surface area contributed by atoms with Crippen molar-refractivity contribution in [2.24, 2.45) is 0 Å². The second-order valence-electron chi connectivity index (χ2n) is 7.62. The molecule has 1 aliphatic heterocycles. The lowest BCUT2D eigenvalue weighted by atomic mass is 10.3. The van der Waals surface area contributed by atoms with Crippen molar-refractivity contribution >= 4 is 21.5 Å². The van der Waals surface area contributed by atoms with Gasteiger partial charge in [0.05, 0.1) is 15.5 Å². The molecule has 0 saturated carbocycles. The number of rotatable bonds is 5. The second kappa shape index (κ2) is 8.28. The Morgan fingerprint density at radius 3 is 2.28 bits per heavy atom. The van der Waals surface area contributed by atoms with Crippen molar-refractivity contribution in [1.82, 2.24) is 24.1 Å². The van der Waals surface area contributed by atoms with E-state index in [1.807, 2.05) is 37.8 Å². The van der Waals surface area contributed by atoms with Gasteiger partial charge in [0.25, 0.3) is 5.69 Å². The summed E-state index contributed by atoms with van der Waals surface area (Å²) in [6, 6.07) is 8.94. The zero-order chi connectivity index (χ0) is 23.0. The summed E-state index contributed by atoms with van der Waals surface area (Å²) in [5.41, 5.74) is 1.59. The van der Waals surface area contributed by atoms with Crippen molar-refractivity contribution in [3.63, 3.8) is 0 Å². The number of nitro benzene ring substituents is 1. The molecule has 0 amide bonds. The van der Waals surface area contributed by atoms with Crippen LogP contribution < -0.4 is 4.90 Å². The van der Waals surface area contributed by atoms with Gasteiger partial charge in [0.2, 0.25) is 10.0 Å². The van der Waals surface area contributed by atoms with Crippen molar-refractivity contribution in [3.05, 3.63) is 63.7 Å². The lowest BCUT2D eigenvalue weighted by molar-refractivity contribution is -0.385. The third kappa shape index (κ3) is 4.18. The summed E-state index contributed by atoms with van der Waals surface area (Å²) >= 11 is 0. The molecule has 11 nitrogen and oxygen atoms in total. The van der Waals surface area contributed by atoms with Gasteiger partial charge in [0.15, 0.2) is 5.82 Å². The highest BCUT2D eigenvalue weighted by Gasteiger charge is 2.30. The average molecular weight is 458 g/mol. The van der Waals surface area contributed by atoms with E-state index in [0.717, 1.165) is 17.5 Å². The SMILES string of the molecule is Cc1cc(C)n(-c2cc(N3CCN(S(=O)(=O)c4cccc([N+](=O)[O-])c4)CC3)nc(C)n2)n1. The van der Waals surface area contributed by atoms with E-state index in [9.17, 15) is 18.5 Å². The third-order valence-electron chi connectivity index (χ3n) is 5.27. The topological polar surface area (TPSA) is 127 Å². The molecule has 168 valence electrons. The lowest BCUT2D eigenvalue weighted by Crippen LogP contribution is -2.49. The number of aryl methyl sites for hydroxylation is 3. The minimum atomic E-state index is -3.83. The molecule has 0 radical (unpaired) electrons. The first-order valence-electron chi connectivity index (χ1n) is 10.0. The van der Waals surface area contributed by atoms with Gasteiger partial charge in [-0.2, -0.15) is 9.40 Å². The third-order valence-corrected chi connectivity index (χ3v) is 7.16. The predicted octanol–water partition coefficient (Wildman–Crippen LogP) is 2.01. The second-order valence-corrected chi connectivity index (χ2v) is 9.55. The summed E-state index contributed by atoms with van der Waals surface area (Å²) in [7, 11) is -3.83. The molecule has 0 bridgehead atoms. The van der Waals surface area contributed by atoms with Crippen molar-refractivity contribution in [3.8, 4) is 5.82 Å². The van der Waals surface area contributed by atoms with Gasteiger partial charge < -0.3 is 4.90 Å². The maximum Gasteiger partial charge on any atom is 0.270 e. The minimum absolute atomic E-state index is 0.0788. The van der Waals surface area contributed by atoms with Gasteiger partial charge in [0, 0.05) is 50.1 Å². The van der Waals surface area contributed by atoms with Crippen LogP contribution in [0.5, 0.6) is 0 Å². The molecule has 32 heavy (non-hydrogen) atoms. The molecule has 4 rings (SSSR count). The molecule has 0 aliphatic carbocycles. The first-order valence-corrected chi connectivity index (χ1v) is 11.5. The quantitative estimate of drug-likeness (QED) is 0.420. The van der Waals surface area contributed by atoms with E-state index >= 15 is 0 Å². The Hall–Kier alpha value is -3.38. The number of non-ortho nitro benzene ring substituents is 1. The standard InChI is InChI=1S/C20H23N7O4S/c1-14-11-15(2)26(23-14)20-13-19(21-16(3)22-20)24-7-9-25(10-8-24)32(30,31)18-6-4-5-17(12-18)27(28)29/h4-6,11-13H,7-10H2,1-3H3. The van der Waals surface area contributed by atoms with E-state index in [-0.39, 0.29) is 23.7 Å². The van der Waals surface area contributed by atoms with E-state index < -0.39 is 14.9 Å². The zero-order valence-corrected chi connectivity index (χ0v) is 18.8. The molecule has 0 unspecified atom stereocenters. The number of hydrogen-bond acceptors (Lipinski definition) is 8. The summed E-state index contributed by atoms with van der Waals surface area (Å²) in [5, 5.41) is 15.5. The number of hydrogen-bond donors (Lipinski definition) is 0. The Balaban J connectivity index is 1.53. The van der Waals surface area contributed by atoms with Gasteiger partial charge in [-0.3, -0.25) is 10.1 Å². The Morgan fingerprint density at radius 1 is 0.969 bits per heavy atom. The van der Waals surface area contributed by atoms with E-state index in [2.05, 4.69) is 15.1 Å². The van der Waals surface area contributed by atoms with Gasteiger partial charge in [0.1, 0.15) is 11.6 Å². The van der Waals surface area contributed by atoms with E-state index in [1.165, 1.54) is 22.5 Å². The molecule has 1 saturated heterocycles. The molecule has 2 aromatic heterocycles. The number of benzene rings is 1. The zero-order valence-electron chi connectivity index (χ0n) is 18.0. The van der Waals surface area contributed by atoms with Crippen LogP contribution >= 0.6 is 0 Å². The van der Waals surface area contributed by atoms with Crippen LogP contribution in [-0.2, 0) is 10.0 Å².